The van der Waals surface area contributed by atoms with Gasteiger partial charge in [-0.3, -0.25) is 0 Å². The number of aromatic nitrogens is 2. The Kier molecular flexibility index (Phi) is 3.84. The van der Waals surface area contributed by atoms with Crippen LogP contribution in [0.2, 0.25) is 0 Å². The van der Waals surface area contributed by atoms with Crippen LogP contribution < -0.4 is 16.0 Å². The van der Waals surface area contributed by atoms with E-state index in [1.54, 1.807) is 11.3 Å². The highest BCUT2D eigenvalue weighted by molar-refractivity contribution is 7.09. The largest absolute Gasteiger partial charge is 0.477 e. The number of ether oxygens (including phenoxy) is 1. The van der Waals surface area contributed by atoms with Crippen molar-refractivity contribution < 1.29 is 4.74 Å². The highest BCUT2D eigenvalue weighted by atomic mass is 32.1. The lowest BCUT2D eigenvalue weighted by atomic mass is 10.3. The Morgan fingerprint density at radius 1 is 1.45 bits per heavy atom. The Hall–Kier alpha value is -1.66. The maximum absolute atomic E-state index is 5.83. The molecule has 1 aliphatic carbocycles. The smallest absolute Gasteiger partial charge is 0.221 e. The van der Waals surface area contributed by atoms with E-state index in [1.807, 2.05) is 6.92 Å². The molecule has 0 spiro atoms. The summed E-state index contributed by atoms with van der Waals surface area (Å²) in [7, 11) is 0. The number of thiophene rings is 1. The number of hydrazine groups is 1. The summed E-state index contributed by atoms with van der Waals surface area (Å²) >= 11 is 1.74. The van der Waals surface area contributed by atoms with Crippen LogP contribution >= 0.6 is 11.3 Å². The van der Waals surface area contributed by atoms with Gasteiger partial charge in [0.15, 0.2) is 0 Å². The van der Waals surface area contributed by atoms with Crippen LogP contribution in [0.4, 0.5) is 5.82 Å². The van der Waals surface area contributed by atoms with E-state index < -0.39 is 0 Å². The molecule has 0 aliphatic heterocycles. The summed E-state index contributed by atoms with van der Waals surface area (Å²) in [5.41, 5.74) is 3.50. The molecule has 3 N–H and O–H groups in total. The Morgan fingerprint density at radius 2 is 2.30 bits per heavy atom. The summed E-state index contributed by atoms with van der Waals surface area (Å²) in [5, 5.41) is 2.08. The molecule has 0 bridgehead atoms. The second-order valence-corrected chi connectivity index (χ2v) is 5.99. The maximum Gasteiger partial charge on any atom is 0.221 e. The maximum atomic E-state index is 5.83. The molecule has 2 heterocycles. The number of hydrogen-bond acceptors (Lipinski definition) is 6. The summed E-state index contributed by atoms with van der Waals surface area (Å²) < 4.78 is 5.83. The average Bonchev–Trinajstić information content (AvgIpc) is 3.18. The Morgan fingerprint density at radius 3 is 2.95 bits per heavy atom. The van der Waals surface area contributed by atoms with Crippen molar-refractivity contribution in [2.24, 2.45) is 5.84 Å². The van der Waals surface area contributed by atoms with Gasteiger partial charge in [0, 0.05) is 17.2 Å². The second-order valence-electron chi connectivity index (χ2n) is 4.96. The Balaban J connectivity index is 1.72. The van der Waals surface area contributed by atoms with Crippen molar-refractivity contribution in [3.05, 3.63) is 33.8 Å². The molecule has 3 rings (SSSR count). The van der Waals surface area contributed by atoms with Crippen LogP contribution in [-0.4, -0.2) is 16.6 Å². The van der Waals surface area contributed by atoms with E-state index in [9.17, 15) is 0 Å². The van der Waals surface area contributed by atoms with Gasteiger partial charge in [-0.1, -0.05) is 6.07 Å². The number of nitrogens with zero attached hydrogens (tertiary/aromatic N) is 2. The first-order valence-corrected chi connectivity index (χ1v) is 7.66. The minimum atomic E-state index is 0.474. The van der Waals surface area contributed by atoms with Gasteiger partial charge in [-0.25, -0.2) is 10.8 Å². The monoisotopic (exact) mass is 290 g/mol. The van der Waals surface area contributed by atoms with E-state index in [0.29, 0.717) is 24.2 Å². The SMILES string of the molecule is Cc1c(NN)nc(C2CC2)nc1OCCc1cccs1. The first-order chi connectivity index (χ1) is 9.78. The lowest BCUT2D eigenvalue weighted by Gasteiger charge is -2.12. The van der Waals surface area contributed by atoms with Crippen molar-refractivity contribution >= 4 is 17.2 Å². The van der Waals surface area contributed by atoms with Crippen LogP contribution in [0.25, 0.3) is 0 Å². The molecule has 5 nitrogen and oxygen atoms in total. The van der Waals surface area contributed by atoms with Crippen LogP contribution in [0.3, 0.4) is 0 Å². The molecular formula is C14H18N4OS. The third-order valence-corrected chi connectivity index (χ3v) is 4.30. The van der Waals surface area contributed by atoms with Gasteiger partial charge in [0.1, 0.15) is 11.6 Å². The minimum Gasteiger partial charge on any atom is -0.477 e. The van der Waals surface area contributed by atoms with Crippen molar-refractivity contribution in [3.63, 3.8) is 0 Å². The van der Waals surface area contributed by atoms with E-state index in [2.05, 4.69) is 32.9 Å². The third kappa shape index (κ3) is 2.91. The lowest BCUT2D eigenvalue weighted by Crippen LogP contribution is -2.14. The molecular weight excluding hydrogens is 272 g/mol. The van der Waals surface area contributed by atoms with E-state index >= 15 is 0 Å². The van der Waals surface area contributed by atoms with Crippen molar-refractivity contribution in [3.8, 4) is 5.88 Å². The fraction of sp³-hybridized carbons (Fsp3) is 0.429. The Bertz CT molecular complexity index is 581. The molecule has 0 amide bonds. The van der Waals surface area contributed by atoms with E-state index in [4.69, 9.17) is 10.6 Å². The molecule has 0 aromatic carbocycles. The number of rotatable bonds is 6. The number of anilines is 1. The highest BCUT2D eigenvalue weighted by Gasteiger charge is 2.28. The Labute approximate surface area is 122 Å². The number of hydrogen-bond donors (Lipinski definition) is 2. The highest BCUT2D eigenvalue weighted by Crippen LogP contribution is 2.39. The summed E-state index contributed by atoms with van der Waals surface area (Å²) in [4.78, 5) is 10.3. The van der Waals surface area contributed by atoms with Gasteiger partial charge in [0.2, 0.25) is 5.88 Å². The number of nitrogen functional groups attached to an aromatic ring is 1. The van der Waals surface area contributed by atoms with Crippen molar-refractivity contribution in [1.82, 2.24) is 9.97 Å². The van der Waals surface area contributed by atoms with Gasteiger partial charge < -0.3 is 10.2 Å². The summed E-state index contributed by atoms with van der Waals surface area (Å²) in [6, 6.07) is 4.17. The summed E-state index contributed by atoms with van der Waals surface area (Å²) in [6.45, 7) is 2.54. The second kappa shape index (κ2) is 5.76. The fourth-order valence-corrected chi connectivity index (χ4v) is 2.71. The number of nitrogens with one attached hydrogen (secondary N) is 1. The molecule has 1 fully saturated rings. The molecule has 20 heavy (non-hydrogen) atoms. The molecule has 0 radical (unpaired) electrons. The molecule has 2 aromatic rings. The van der Waals surface area contributed by atoms with Gasteiger partial charge in [0.25, 0.3) is 0 Å². The van der Waals surface area contributed by atoms with Gasteiger partial charge in [0.05, 0.1) is 12.2 Å². The zero-order chi connectivity index (χ0) is 13.9. The molecule has 1 aliphatic rings. The molecule has 6 heteroatoms. The molecule has 106 valence electrons. The molecule has 1 saturated carbocycles. The van der Waals surface area contributed by atoms with Gasteiger partial charge >= 0.3 is 0 Å². The first-order valence-electron chi connectivity index (χ1n) is 6.78. The third-order valence-electron chi connectivity index (χ3n) is 3.37. The lowest BCUT2D eigenvalue weighted by molar-refractivity contribution is 0.306. The van der Waals surface area contributed by atoms with Gasteiger partial charge in [-0.2, -0.15) is 4.98 Å². The van der Waals surface area contributed by atoms with Crippen molar-refractivity contribution in [2.45, 2.75) is 32.1 Å². The minimum absolute atomic E-state index is 0.474. The average molecular weight is 290 g/mol. The van der Waals surface area contributed by atoms with Crippen LogP contribution in [0.5, 0.6) is 5.88 Å². The quantitative estimate of drug-likeness (QED) is 0.632. The standard InChI is InChI=1S/C14H18N4OS/c1-9-12(18-15)16-13(10-4-5-10)17-14(9)19-7-6-11-3-2-8-20-11/h2-3,8,10H,4-7,15H2,1H3,(H,16,17,18). The molecule has 0 unspecified atom stereocenters. The number of nitrogens with two attached hydrogens (primary N) is 1. The zero-order valence-corrected chi connectivity index (χ0v) is 12.2. The van der Waals surface area contributed by atoms with Crippen LogP contribution in [0, 0.1) is 6.92 Å². The van der Waals surface area contributed by atoms with E-state index in [-0.39, 0.29) is 0 Å². The van der Waals surface area contributed by atoms with Gasteiger partial charge in [-0.05, 0) is 31.2 Å². The summed E-state index contributed by atoms with van der Waals surface area (Å²) in [5.74, 6) is 8.14. The molecule has 0 saturated heterocycles. The van der Waals surface area contributed by atoms with Gasteiger partial charge in [-0.15, -0.1) is 11.3 Å². The van der Waals surface area contributed by atoms with Crippen LogP contribution in [0.15, 0.2) is 17.5 Å². The van der Waals surface area contributed by atoms with Crippen molar-refractivity contribution in [2.75, 3.05) is 12.0 Å². The summed E-state index contributed by atoms with van der Waals surface area (Å²) in [6.07, 6.45) is 3.20. The molecule has 0 atom stereocenters. The predicted octanol–water partition coefficient (Wildman–Crippen LogP) is 2.63. The van der Waals surface area contributed by atoms with Crippen LogP contribution in [-0.2, 0) is 6.42 Å². The van der Waals surface area contributed by atoms with E-state index in [1.165, 1.54) is 4.88 Å². The normalized spacial score (nSPS) is 14.3. The van der Waals surface area contributed by atoms with E-state index in [0.717, 1.165) is 30.7 Å². The van der Waals surface area contributed by atoms with Crippen molar-refractivity contribution in [1.29, 1.82) is 0 Å². The fourth-order valence-electron chi connectivity index (χ4n) is 2.02. The zero-order valence-electron chi connectivity index (χ0n) is 11.4. The molecule has 2 aromatic heterocycles. The van der Waals surface area contributed by atoms with Crippen LogP contribution in [0.1, 0.15) is 35.0 Å². The topological polar surface area (TPSA) is 73.1 Å². The predicted molar refractivity (Wildman–Crippen MR) is 80.1 cm³/mol. The first kappa shape index (κ1) is 13.3.